The van der Waals surface area contributed by atoms with Crippen LogP contribution in [-0.2, 0) is 13.3 Å². The van der Waals surface area contributed by atoms with Crippen LogP contribution < -0.4 is 0 Å². The van der Waals surface area contributed by atoms with Gasteiger partial charge in [0, 0.05) is 19.8 Å². The van der Waals surface area contributed by atoms with Gasteiger partial charge in [-0.2, -0.15) is 11.2 Å². The number of hydrogen-bond donors (Lipinski definition) is 0. The summed E-state index contributed by atoms with van der Waals surface area (Å²) in [4.78, 5) is 0. The third kappa shape index (κ3) is 10.5. The van der Waals surface area contributed by atoms with Crippen LogP contribution in [0.4, 0.5) is 0 Å². The molecule has 0 aliphatic rings. The van der Waals surface area contributed by atoms with Gasteiger partial charge in [0.15, 0.2) is 0 Å². The Balaban J connectivity index is 5.10. The summed E-state index contributed by atoms with van der Waals surface area (Å²) in [5.41, 5.74) is 0. The summed E-state index contributed by atoms with van der Waals surface area (Å²) in [5, 5.41) is 1.26. The van der Waals surface area contributed by atoms with E-state index < -0.39 is 16.0 Å². The highest BCUT2D eigenvalue weighted by Crippen LogP contribution is 2.44. The lowest BCUT2D eigenvalue weighted by molar-refractivity contribution is 0.0619. The second-order valence-corrected chi connectivity index (χ2v) is 20.5. The number of unbranched alkanes of at least 4 members (excludes halogenated alkanes) is 3. The van der Waals surface area contributed by atoms with Crippen LogP contribution in [0.1, 0.15) is 80.1 Å². The van der Waals surface area contributed by atoms with Crippen molar-refractivity contribution in [1.29, 1.82) is 0 Å². The molecule has 0 radical (unpaired) electrons. The summed E-state index contributed by atoms with van der Waals surface area (Å²) in [6.07, 6.45) is 6.66. The van der Waals surface area contributed by atoms with E-state index in [2.05, 4.69) is 65.8 Å². The van der Waals surface area contributed by atoms with E-state index >= 15 is 0 Å². The zero-order chi connectivity index (χ0) is 19.4. The molecule has 0 aliphatic heterocycles. The van der Waals surface area contributed by atoms with E-state index in [0.717, 1.165) is 63.7 Å². The third-order valence-electron chi connectivity index (χ3n) is 4.88. The van der Waals surface area contributed by atoms with Gasteiger partial charge in [-0.15, -0.1) is 0 Å². The molecule has 0 spiro atoms. The van der Waals surface area contributed by atoms with Crippen molar-refractivity contribution in [2.45, 2.75) is 98.2 Å². The predicted molar refractivity (Wildman–Crippen MR) is 118 cm³/mol. The molecular weight excluding hydrogens is 364 g/mol. The second-order valence-electron chi connectivity index (χ2n) is 8.34. The first-order valence-corrected chi connectivity index (χ1v) is 16.8. The first-order valence-electron chi connectivity index (χ1n) is 10.2. The Kier molecular flexibility index (Phi) is 13.3. The summed E-state index contributed by atoms with van der Waals surface area (Å²) >= 11 is 2.09. The highest BCUT2D eigenvalue weighted by Gasteiger charge is 2.45. The smallest absolute Gasteiger partial charge is 0.373 e. The van der Waals surface area contributed by atoms with E-state index in [1.54, 1.807) is 0 Å². The normalized spacial score (nSPS) is 13.4. The lowest BCUT2D eigenvalue weighted by Gasteiger charge is -2.38. The molecule has 0 heterocycles. The fraction of sp³-hybridized carbons (Fsp3) is 1.00. The second kappa shape index (κ2) is 12.9. The van der Waals surface area contributed by atoms with Crippen LogP contribution in [0.5, 0.6) is 0 Å². The van der Waals surface area contributed by atoms with Gasteiger partial charge in [-0.1, -0.05) is 73.9 Å². The molecule has 0 aliphatic carbocycles. The summed E-state index contributed by atoms with van der Waals surface area (Å²) in [6.45, 7) is 20.9. The van der Waals surface area contributed by atoms with Crippen LogP contribution in [-0.4, -0.2) is 41.2 Å². The molecule has 0 aromatic rings. The maximum absolute atomic E-state index is 6.37. The molecule has 0 unspecified atom stereocenters. The molecule has 0 bridgehead atoms. The average Bonchev–Trinajstić information content (AvgIpc) is 2.52. The molecule has 0 saturated carbocycles. The zero-order valence-corrected chi connectivity index (χ0v) is 21.0. The Bertz CT molecular complexity index is 307. The van der Waals surface area contributed by atoms with E-state index in [1.807, 2.05) is 0 Å². The van der Waals surface area contributed by atoms with Gasteiger partial charge in [0.2, 0.25) is 0 Å². The molecule has 25 heavy (non-hydrogen) atoms. The van der Waals surface area contributed by atoms with Gasteiger partial charge in [0.05, 0.1) is 5.38 Å². The molecule has 152 valence electrons. The number of hydrogen-bond acceptors (Lipinski definition) is 4. The maximum atomic E-state index is 6.37. The Hall–Kier alpha value is 0.664. The first kappa shape index (κ1) is 25.7. The van der Waals surface area contributed by atoms with Crippen molar-refractivity contribution in [1.82, 2.24) is 0 Å². The zero-order valence-electron chi connectivity index (χ0n) is 18.2. The van der Waals surface area contributed by atoms with Crippen LogP contribution >= 0.6 is 11.2 Å². The van der Waals surface area contributed by atoms with E-state index in [0.29, 0.717) is 5.04 Å². The molecule has 0 amide bonds. The van der Waals surface area contributed by atoms with E-state index in [4.69, 9.17) is 13.3 Å². The predicted octanol–water partition coefficient (Wildman–Crippen LogP) is 6.65. The van der Waals surface area contributed by atoms with Gasteiger partial charge >= 0.3 is 8.80 Å². The van der Waals surface area contributed by atoms with Gasteiger partial charge in [0.25, 0.3) is 0 Å². The molecule has 3 nitrogen and oxygen atoms in total. The molecule has 0 rings (SSSR count). The summed E-state index contributed by atoms with van der Waals surface area (Å²) in [5.74, 6) is 0. The molecule has 0 atom stereocenters. The standard InChI is InChI=1S/C19H44O3SSi2/c1-9-12-15-20-25(21-16-13-10-2,22-17-14-11-3)18-23-24(7,8)19(4,5)6/h9-18H2,1-8H3. The van der Waals surface area contributed by atoms with Crippen molar-refractivity contribution in [3.8, 4) is 0 Å². The molecular formula is C19H44O3SSi2. The van der Waals surface area contributed by atoms with Crippen molar-refractivity contribution in [3.63, 3.8) is 0 Å². The average molecular weight is 409 g/mol. The molecule has 0 aromatic carbocycles. The maximum Gasteiger partial charge on any atom is 0.510 e. The molecule has 0 N–H and O–H groups in total. The van der Waals surface area contributed by atoms with Crippen molar-refractivity contribution >= 4 is 27.2 Å². The topological polar surface area (TPSA) is 27.7 Å². The Morgan fingerprint density at radius 1 is 0.720 bits per heavy atom. The molecule has 0 aromatic heterocycles. The minimum Gasteiger partial charge on any atom is -0.373 e. The van der Waals surface area contributed by atoms with Gasteiger partial charge in [0.1, 0.15) is 7.22 Å². The summed E-state index contributed by atoms with van der Waals surface area (Å²) in [6, 6.07) is 0. The van der Waals surface area contributed by atoms with E-state index in [1.165, 1.54) is 0 Å². The molecule has 6 heteroatoms. The van der Waals surface area contributed by atoms with Crippen LogP contribution in [0.3, 0.4) is 0 Å². The fourth-order valence-corrected chi connectivity index (χ4v) is 13.2. The lowest BCUT2D eigenvalue weighted by atomic mass is 10.2. The van der Waals surface area contributed by atoms with Crippen LogP contribution in [0.2, 0.25) is 18.1 Å². The lowest BCUT2D eigenvalue weighted by Crippen LogP contribution is -2.51. The fourth-order valence-electron chi connectivity index (χ4n) is 1.85. The quantitative estimate of drug-likeness (QED) is 0.224. The van der Waals surface area contributed by atoms with Gasteiger partial charge in [-0.05, 0) is 24.3 Å². The van der Waals surface area contributed by atoms with Gasteiger partial charge < -0.3 is 13.3 Å². The Morgan fingerprint density at radius 2 is 1.08 bits per heavy atom. The molecule has 0 saturated heterocycles. The van der Waals surface area contributed by atoms with E-state index in [-0.39, 0.29) is 0 Å². The first-order chi connectivity index (χ1) is 11.6. The van der Waals surface area contributed by atoms with Gasteiger partial charge in [-0.25, -0.2) is 0 Å². The van der Waals surface area contributed by atoms with E-state index in [9.17, 15) is 0 Å². The number of rotatable bonds is 15. The Labute approximate surface area is 164 Å². The summed E-state index contributed by atoms with van der Waals surface area (Å²) in [7, 11) is -4.04. The molecule has 0 fully saturated rings. The van der Waals surface area contributed by atoms with Crippen LogP contribution in [0.15, 0.2) is 0 Å². The largest absolute Gasteiger partial charge is 0.510 e. The van der Waals surface area contributed by atoms with Crippen molar-refractivity contribution < 1.29 is 13.3 Å². The van der Waals surface area contributed by atoms with Crippen LogP contribution in [0, 0.1) is 0 Å². The third-order valence-corrected chi connectivity index (χ3v) is 18.4. The van der Waals surface area contributed by atoms with Crippen molar-refractivity contribution in [3.05, 3.63) is 0 Å². The SMILES string of the molecule is CCCCO[Si](CS[Si](C)(C)C(C)(C)C)(OCCCC)OCCCC. The minimum absolute atomic E-state index is 0.355. The monoisotopic (exact) mass is 408 g/mol. The van der Waals surface area contributed by atoms with Crippen molar-refractivity contribution in [2.24, 2.45) is 0 Å². The highest BCUT2D eigenvalue weighted by atomic mass is 32.4. The van der Waals surface area contributed by atoms with Crippen LogP contribution in [0.25, 0.3) is 0 Å². The minimum atomic E-state index is -2.60. The summed E-state index contributed by atoms with van der Waals surface area (Å²) < 4.78 is 19.1. The highest BCUT2D eigenvalue weighted by molar-refractivity contribution is 8.29. The van der Waals surface area contributed by atoms with Crippen molar-refractivity contribution in [2.75, 3.05) is 25.2 Å². The Morgan fingerprint density at radius 3 is 1.36 bits per heavy atom. The van der Waals surface area contributed by atoms with Gasteiger partial charge in [-0.3, -0.25) is 0 Å².